The smallest absolute Gasteiger partial charge is 0.338 e. The van der Waals surface area contributed by atoms with E-state index in [2.05, 4.69) is 9.97 Å². The van der Waals surface area contributed by atoms with Crippen LogP contribution in [0.2, 0.25) is 0 Å². The summed E-state index contributed by atoms with van der Waals surface area (Å²) in [6, 6.07) is 16.3. The van der Waals surface area contributed by atoms with E-state index in [1.807, 2.05) is 35.2 Å². The number of benzene rings is 2. The molecule has 0 N–H and O–H groups in total. The Kier molecular flexibility index (Phi) is 7.54. The summed E-state index contributed by atoms with van der Waals surface area (Å²) in [5.41, 5.74) is 1.30. The van der Waals surface area contributed by atoms with Gasteiger partial charge in [-0.1, -0.05) is 30.3 Å². The summed E-state index contributed by atoms with van der Waals surface area (Å²) in [4.78, 5) is 37.2. The molecule has 2 heterocycles. The van der Waals surface area contributed by atoms with E-state index < -0.39 is 5.97 Å². The van der Waals surface area contributed by atoms with Crippen molar-refractivity contribution in [3.63, 3.8) is 0 Å². The maximum absolute atomic E-state index is 12.5. The average Bonchev–Trinajstić information content (AvgIpc) is 2.91. The van der Waals surface area contributed by atoms with Crippen LogP contribution in [-0.4, -0.2) is 66.6 Å². The van der Waals surface area contributed by atoms with Gasteiger partial charge in [0.05, 0.1) is 12.7 Å². The number of anilines is 1. The van der Waals surface area contributed by atoms with E-state index in [-0.39, 0.29) is 18.1 Å². The van der Waals surface area contributed by atoms with Crippen LogP contribution in [0.3, 0.4) is 0 Å². The molecular weight excluding hydrogens is 436 g/mol. The van der Waals surface area contributed by atoms with Crippen LogP contribution in [0.5, 0.6) is 11.5 Å². The van der Waals surface area contributed by atoms with Gasteiger partial charge >= 0.3 is 5.97 Å². The standard InChI is InChI=1S/C25H26N4O5/c1-32-22-16-20(8-9-21(22)33-17-19-6-3-2-4-7-19)24(31)34-18-23(30)28-12-14-29(15-13-28)25-26-10-5-11-27-25/h2-11,16H,12-15,17-18H2,1H3. The highest BCUT2D eigenvalue weighted by atomic mass is 16.5. The number of hydrogen-bond donors (Lipinski definition) is 0. The molecule has 9 heteroatoms. The number of ether oxygens (including phenoxy) is 3. The zero-order valence-electron chi connectivity index (χ0n) is 18.9. The van der Waals surface area contributed by atoms with Gasteiger partial charge in [0.1, 0.15) is 6.61 Å². The number of esters is 1. The number of rotatable bonds is 8. The van der Waals surface area contributed by atoms with Gasteiger partial charge in [0.2, 0.25) is 5.95 Å². The van der Waals surface area contributed by atoms with Gasteiger partial charge in [-0.3, -0.25) is 4.79 Å². The average molecular weight is 463 g/mol. The summed E-state index contributed by atoms with van der Waals surface area (Å²) in [5.74, 6) is 0.732. The Bertz CT molecular complexity index is 1100. The summed E-state index contributed by atoms with van der Waals surface area (Å²) >= 11 is 0. The van der Waals surface area contributed by atoms with Crippen molar-refractivity contribution in [3.05, 3.63) is 78.1 Å². The van der Waals surface area contributed by atoms with Crippen LogP contribution < -0.4 is 14.4 Å². The predicted molar refractivity (Wildman–Crippen MR) is 125 cm³/mol. The van der Waals surface area contributed by atoms with Gasteiger partial charge < -0.3 is 24.0 Å². The molecular formula is C25H26N4O5. The maximum atomic E-state index is 12.5. The van der Waals surface area contributed by atoms with Gasteiger partial charge in [-0.15, -0.1) is 0 Å². The summed E-state index contributed by atoms with van der Waals surface area (Å²) in [7, 11) is 1.50. The molecule has 1 aliphatic rings. The lowest BCUT2D eigenvalue weighted by Gasteiger charge is -2.34. The topological polar surface area (TPSA) is 94.1 Å². The van der Waals surface area contributed by atoms with Crippen LogP contribution in [0.15, 0.2) is 67.0 Å². The van der Waals surface area contributed by atoms with Crippen LogP contribution in [0.25, 0.3) is 0 Å². The Balaban J connectivity index is 1.27. The summed E-state index contributed by atoms with van der Waals surface area (Å²) in [6.45, 7) is 2.30. The molecule has 0 spiro atoms. The Hall–Kier alpha value is -4.14. The van der Waals surface area contributed by atoms with E-state index in [9.17, 15) is 9.59 Å². The van der Waals surface area contributed by atoms with Crippen molar-refractivity contribution in [2.45, 2.75) is 6.61 Å². The fourth-order valence-electron chi connectivity index (χ4n) is 3.56. The Morgan fingerprint density at radius 2 is 1.65 bits per heavy atom. The Labute approximate surface area is 197 Å². The second kappa shape index (κ2) is 11.1. The van der Waals surface area contributed by atoms with Crippen LogP contribution in [0.1, 0.15) is 15.9 Å². The van der Waals surface area contributed by atoms with Gasteiger partial charge in [-0.2, -0.15) is 0 Å². The van der Waals surface area contributed by atoms with Crippen molar-refractivity contribution in [3.8, 4) is 11.5 Å². The summed E-state index contributed by atoms with van der Waals surface area (Å²) < 4.78 is 16.4. The molecule has 1 amide bonds. The third-order valence-corrected chi connectivity index (χ3v) is 5.43. The van der Waals surface area contributed by atoms with E-state index in [4.69, 9.17) is 14.2 Å². The van der Waals surface area contributed by atoms with Crippen LogP contribution in [-0.2, 0) is 16.1 Å². The first-order valence-electron chi connectivity index (χ1n) is 11.0. The number of methoxy groups -OCH3 is 1. The highest BCUT2D eigenvalue weighted by Crippen LogP contribution is 2.29. The van der Waals surface area contributed by atoms with Gasteiger partial charge in [0, 0.05) is 38.6 Å². The molecule has 0 unspecified atom stereocenters. The molecule has 0 atom stereocenters. The zero-order valence-corrected chi connectivity index (χ0v) is 18.9. The predicted octanol–water partition coefficient (Wildman–Crippen LogP) is 2.57. The number of amides is 1. The second-order valence-electron chi connectivity index (χ2n) is 7.63. The molecule has 0 radical (unpaired) electrons. The Morgan fingerprint density at radius 1 is 0.912 bits per heavy atom. The fraction of sp³-hybridized carbons (Fsp3) is 0.280. The SMILES string of the molecule is COc1cc(C(=O)OCC(=O)N2CCN(c3ncccn3)CC2)ccc1OCc1ccccc1. The number of carbonyl (C=O) groups is 2. The summed E-state index contributed by atoms with van der Waals surface area (Å²) in [6.07, 6.45) is 3.38. The monoisotopic (exact) mass is 462 g/mol. The number of nitrogens with zero attached hydrogens (tertiary/aromatic N) is 4. The van der Waals surface area contributed by atoms with Gasteiger partial charge in [0.25, 0.3) is 5.91 Å². The number of piperazine rings is 1. The molecule has 1 aromatic heterocycles. The molecule has 34 heavy (non-hydrogen) atoms. The normalized spacial score (nSPS) is 13.3. The molecule has 1 saturated heterocycles. The van der Waals surface area contributed by atoms with E-state index in [1.54, 1.807) is 41.6 Å². The minimum atomic E-state index is -0.599. The molecule has 3 aromatic rings. The van der Waals surface area contributed by atoms with E-state index >= 15 is 0 Å². The molecule has 2 aromatic carbocycles. The first kappa shape index (κ1) is 23.0. The van der Waals surface area contributed by atoms with E-state index in [0.29, 0.717) is 50.2 Å². The van der Waals surface area contributed by atoms with Crippen molar-refractivity contribution in [2.24, 2.45) is 0 Å². The molecule has 0 bridgehead atoms. The second-order valence-corrected chi connectivity index (χ2v) is 7.63. The Morgan fingerprint density at radius 3 is 2.35 bits per heavy atom. The third kappa shape index (κ3) is 5.80. The molecule has 1 aliphatic heterocycles. The lowest BCUT2D eigenvalue weighted by Crippen LogP contribution is -2.50. The lowest BCUT2D eigenvalue weighted by molar-refractivity contribution is -0.134. The largest absolute Gasteiger partial charge is 0.493 e. The van der Waals surface area contributed by atoms with Crippen molar-refractivity contribution in [1.29, 1.82) is 0 Å². The number of aromatic nitrogens is 2. The third-order valence-electron chi connectivity index (χ3n) is 5.43. The number of hydrogen-bond acceptors (Lipinski definition) is 8. The summed E-state index contributed by atoms with van der Waals surface area (Å²) in [5, 5.41) is 0. The minimum Gasteiger partial charge on any atom is -0.493 e. The molecule has 9 nitrogen and oxygen atoms in total. The van der Waals surface area contributed by atoms with Crippen molar-refractivity contribution in [2.75, 3.05) is 44.8 Å². The fourth-order valence-corrected chi connectivity index (χ4v) is 3.56. The lowest BCUT2D eigenvalue weighted by atomic mass is 10.2. The van der Waals surface area contributed by atoms with Crippen LogP contribution in [0, 0.1) is 0 Å². The van der Waals surface area contributed by atoms with Crippen LogP contribution >= 0.6 is 0 Å². The van der Waals surface area contributed by atoms with E-state index in [1.165, 1.54) is 7.11 Å². The minimum absolute atomic E-state index is 0.239. The van der Waals surface area contributed by atoms with Gasteiger partial charge in [0.15, 0.2) is 18.1 Å². The zero-order chi connectivity index (χ0) is 23.8. The van der Waals surface area contributed by atoms with Gasteiger partial charge in [-0.05, 0) is 29.8 Å². The van der Waals surface area contributed by atoms with E-state index in [0.717, 1.165) is 5.56 Å². The van der Waals surface area contributed by atoms with Crippen molar-refractivity contribution >= 4 is 17.8 Å². The molecule has 1 fully saturated rings. The van der Waals surface area contributed by atoms with Crippen LogP contribution in [0.4, 0.5) is 5.95 Å². The van der Waals surface area contributed by atoms with Crippen molar-refractivity contribution in [1.82, 2.24) is 14.9 Å². The highest BCUT2D eigenvalue weighted by Gasteiger charge is 2.23. The quantitative estimate of drug-likeness (QED) is 0.472. The van der Waals surface area contributed by atoms with Gasteiger partial charge in [-0.25, -0.2) is 14.8 Å². The first-order chi connectivity index (χ1) is 16.6. The molecule has 176 valence electrons. The first-order valence-corrected chi connectivity index (χ1v) is 11.0. The maximum Gasteiger partial charge on any atom is 0.338 e. The molecule has 0 saturated carbocycles. The number of carbonyl (C=O) groups excluding carboxylic acids is 2. The molecule has 0 aliphatic carbocycles. The molecule has 4 rings (SSSR count). The van der Waals surface area contributed by atoms with Crippen molar-refractivity contribution < 1.29 is 23.8 Å². The highest BCUT2D eigenvalue weighted by molar-refractivity contribution is 5.92.